The van der Waals surface area contributed by atoms with Crippen LogP contribution in [0, 0.1) is 0 Å². The quantitative estimate of drug-likeness (QED) is 0.730. The van der Waals surface area contributed by atoms with Crippen LogP contribution in [0.4, 0.5) is 0 Å². The van der Waals surface area contributed by atoms with Crippen molar-refractivity contribution < 1.29 is 9.52 Å². The largest absolute Gasteiger partial charge is 0.466 e. The van der Waals surface area contributed by atoms with Crippen molar-refractivity contribution in [1.82, 2.24) is 0 Å². The van der Waals surface area contributed by atoms with E-state index in [9.17, 15) is 5.11 Å². The first-order valence-corrected chi connectivity index (χ1v) is 5.92. The van der Waals surface area contributed by atoms with Gasteiger partial charge in [-0.3, -0.25) is 0 Å². The van der Waals surface area contributed by atoms with Gasteiger partial charge in [0.2, 0.25) is 0 Å². The van der Waals surface area contributed by atoms with E-state index in [2.05, 4.69) is 6.07 Å². The van der Waals surface area contributed by atoms with Gasteiger partial charge >= 0.3 is 0 Å². The predicted molar refractivity (Wildman–Crippen MR) is 64.6 cm³/mol. The summed E-state index contributed by atoms with van der Waals surface area (Å²) in [6.45, 7) is 0. The molecule has 0 radical (unpaired) electrons. The van der Waals surface area contributed by atoms with Crippen LogP contribution in [0.2, 0.25) is 0 Å². The van der Waals surface area contributed by atoms with E-state index < -0.39 is 6.10 Å². The highest BCUT2D eigenvalue weighted by atomic mass is 32.1. The Morgan fingerprint density at radius 3 is 2.81 bits per heavy atom. The maximum atomic E-state index is 10.2. The van der Waals surface area contributed by atoms with E-state index in [1.807, 2.05) is 23.6 Å². The Morgan fingerprint density at radius 2 is 2.00 bits per heavy atom. The van der Waals surface area contributed by atoms with E-state index in [0.717, 1.165) is 10.9 Å². The number of aliphatic hydroxyl groups excluding tert-OH is 1. The lowest BCUT2D eigenvalue weighted by Gasteiger charge is -2.06. The van der Waals surface area contributed by atoms with Crippen LogP contribution in [0.3, 0.4) is 0 Å². The van der Waals surface area contributed by atoms with Crippen molar-refractivity contribution in [3.63, 3.8) is 0 Å². The van der Waals surface area contributed by atoms with E-state index in [0.29, 0.717) is 5.76 Å². The molecule has 0 bridgehead atoms. The average molecular weight is 230 g/mol. The second kappa shape index (κ2) is 3.77. The highest BCUT2D eigenvalue weighted by molar-refractivity contribution is 7.17. The summed E-state index contributed by atoms with van der Waals surface area (Å²) in [6.07, 6.45) is 0.902. The molecule has 0 aliphatic heterocycles. The van der Waals surface area contributed by atoms with Gasteiger partial charge in [0.05, 0.1) is 6.26 Å². The van der Waals surface area contributed by atoms with Gasteiger partial charge in [-0.2, -0.15) is 0 Å². The van der Waals surface area contributed by atoms with Crippen LogP contribution in [0.1, 0.15) is 17.4 Å². The van der Waals surface area contributed by atoms with Crippen LogP contribution in [-0.2, 0) is 0 Å². The van der Waals surface area contributed by atoms with Gasteiger partial charge in [-0.15, -0.1) is 11.3 Å². The summed E-state index contributed by atoms with van der Waals surface area (Å²) in [5.74, 6) is 0.587. The van der Waals surface area contributed by atoms with Gasteiger partial charge in [-0.25, -0.2) is 0 Å². The number of furan rings is 1. The number of thiophene rings is 1. The zero-order valence-electron chi connectivity index (χ0n) is 8.46. The molecule has 1 unspecified atom stereocenters. The molecule has 0 amide bonds. The summed E-state index contributed by atoms with van der Waals surface area (Å²) in [4.78, 5) is 0. The Labute approximate surface area is 96.8 Å². The lowest BCUT2D eigenvalue weighted by atomic mass is 10.1. The van der Waals surface area contributed by atoms with Gasteiger partial charge in [0.25, 0.3) is 0 Å². The molecule has 16 heavy (non-hydrogen) atoms. The van der Waals surface area contributed by atoms with Crippen LogP contribution < -0.4 is 0 Å². The Kier molecular flexibility index (Phi) is 2.27. The van der Waals surface area contributed by atoms with Gasteiger partial charge < -0.3 is 9.52 Å². The summed E-state index contributed by atoms with van der Waals surface area (Å²) in [5, 5.41) is 13.3. The number of hydrogen-bond acceptors (Lipinski definition) is 3. The molecular formula is C13H10O2S. The van der Waals surface area contributed by atoms with Crippen LogP contribution in [0.25, 0.3) is 10.1 Å². The second-order valence-corrected chi connectivity index (χ2v) is 4.52. The molecule has 0 aliphatic rings. The zero-order valence-corrected chi connectivity index (χ0v) is 9.28. The molecule has 0 aliphatic carbocycles. The first kappa shape index (κ1) is 9.63. The third-order valence-corrected chi connectivity index (χ3v) is 3.60. The van der Waals surface area contributed by atoms with Gasteiger partial charge in [-0.05, 0) is 29.0 Å². The second-order valence-electron chi connectivity index (χ2n) is 3.61. The molecule has 0 saturated heterocycles. The van der Waals surface area contributed by atoms with E-state index in [1.54, 1.807) is 29.7 Å². The summed E-state index contributed by atoms with van der Waals surface area (Å²) in [6, 6.07) is 11.6. The van der Waals surface area contributed by atoms with Crippen LogP contribution >= 0.6 is 11.3 Å². The SMILES string of the molecule is OC(c1ccco1)c1csc2ccccc12. The summed E-state index contributed by atoms with van der Waals surface area (Å²) >= 11 is 1.64. The maximum Gasteiger partial charge on any atom is 0.138 e. The summed E-state index contributed by atoms with van der Waals surface area (Å²) in [5.41, 5.74) is 0.913. The first-order chi connectivity index (χ1) is 7.86. The molecule has 1 atom stereocenters. The molecule has 0 fully saturated rings. The standard InChI is InChI=1S/C13H10O2S/c14-13(11-5-3-7-15-11)10-8-16-12-6-2-1-4-9(10)12/h1-8,13-14H. The number of rotatable bonds is 2. The third-order valence-electron chi connectivity index (χ3n) is 2.62. The fourth-order valence-electron chi connectivity index (χ4n) is 1.81. The summed E-state index contributed by atoms with van der Waals surface area (Å²) in [7, 11) is 0. The number of hydrogen-bond donors (Lipinski definition) is 1. The van der Waals surface area contributed by atoms with Crippen LogP contribution in [0.15, 0.2) is 52.5 Å². The molecule has 0 spiro atoms. The summed E-state index contributed by atoms with van der Waals surface area (Å²) < 4.78 is 6.41. The van der Waals surface area contributed by atoms with Crippen LogP contribution in [-0.4, -0.2) is 5.11 Å². The minimum absolute atomic E-state index is 0.587. The van der Waals surface area contributed by atoms with Gasteiger partial charge in [0, 0.05) is 10.3 Å². The van der Waals surface area contributed by atoms with Crippen molar-refractivity contribution in [3.05, 3.63) is 59.4 Å². The Bertz CT molecular complexity index is 595. The average Bonchev–Trinajstić information content (AvgIpc) is 2.98. The Hall–Kier alpha value is -1.58. The van der Waals surface area contributed by atoms with Gasteiger partial charge in [0.15, 0.2) is 0 Å². The molecule has 1 aromatic carbocycles. The Balaban J connectivity index is 2.12. The Morgan fingerprint density at radius 1 is 1.12 bits per heavy atom. The van der Waals surface area contributed by atoms with Crippen molar-refractivity contribution in [2.24, 2.45) is 0 Å². The van der Waals surface area contributed by atoms with Crippen molar-refractivity contribution in [2.75, 3.05) is 0 Å². The fourth-order valence-corrected chi connectivity index (χ4v) is 2.79. The molecule has 3 heteroatoms. The minimum atomic E-state index is -0.675. The number of fused-ring (bicyclic) bond motifs is 1. The van der Waals surface area contributed by atoms with E-state index in [1.165, 1.54) is 4.70 Å². The van der Waals surface area contributed by atoms with E-state index in [4.69, 9.17) is 4.42 Å². The third kappa shape index (κ3) is 1.45. The molecule has 0 saturated carbocycles. The van der Waals surface area contributed by atoms with Crippen LogP contribution in [0.5, 0.6) is 0 Å². The number of benzene rings is 1. The normalized spacial score (nSPS) is 13.1. The molecule has 2 heterocycles. The van der Waals surface area contributed by atoms with E-state index in [-0.39, 0.29) is 0 Å². The molecule has 80 valence electrons. The van der Waals surface area contributed by atoms with E-state index >= 15 is 0 Å². The maximum absolute atomic E-state index is 10.2. The monoisotopic (exact) mass is 230 g/mol. The smallest absolute Gasteiger partial charge is 0.138 e. The molecule has 3 rings (SSSR count). The van der Waals surface area contributed by atoms with Crippen molar-refractivity contribution in [2.45, 2.75) is 6.10 Å². The molecule has 1 N–H and O–H groups in total. The predicted octanol–water partition coefficient (Wildman–Crippen LogP) is 3.58. The van der Waals surface area contributed by atoms with Gasteiger partial charge in [0.1, 0.15) is 11.9 Å². The molecule has 2 aromatic heterocycles. The highest BCUT2D eigenvalue weighted by Crippen LogP contribution is 2.33. The van der Waals surface area contributed by atoms with Gasteiger partial charge in [-0.1, -0.05) is 18.2 Å². The molecule has 2 nitrogen and oxygen atoms in total. The minimum Gasteiger partial charge on any atom is -0.466 e. The number of aliphatic hydroxyl groups is 1. The zero-order chi connectivity index (χ0) is 11.0. The lowest BCUT2D eigenvalue weighted by molar-refractivity contribution is 0.191. The molecule has 3 aromatic rings. The molecular weight excluding hydrogens is 220 g/mol. The lowest BCUT2D eigenvalue weighted by Crippen LogP contribution is -1.96. The first-order valence-electron chi connectivity index (χ1n) is 5.04. The topological polar surface area (TPSA) is 33.4 Å². The van der Waals surface area contributed by atoms with Crippen molar-refractivity contribution in [1.29, 1.82) is 0 Å². The fraction of sp³-hybridized carbons (Fsp3) is 0.0769. The van der Waals surface area contributed by atoms with Crippen molar-refractivity contribution >= 4 is 21.4 Å². The highest BCUT2D eigenvalue weighted by Gasteiger charge is 2.16. The van der Waals surface area contributed by atoms with Crippen molar-refractivity contribution in [3.8, 4) is 0 Å².